The Morgan fingerprint density at radius 1 is 1.23 bits per heavy atom. The van der Waals surface area contributed by atoms with Crippen molar-refractivity contribution in [2.24, 2.45) is 0 Å². The number of allylic oxidation sites excluding steroid dienone is 1. The summed E-state index contributed by atoms with van der Waals surface area (Å²) in [5.41, 5.74) is 1.84. The summed E-state index contributed by atoms with van der Waals surface area (Å²) in [6, 6.07) is 4.67. The van der Waals surface area contributed by atoms with Crippen LogP contribution in [0.15, 0.2) is 33.9 Å². The van der Waals surface area contributed by atoms with Crippen molar-refractivity contribution in [1.82, 2.24) is 10.6 Å². The summed E-state index contributed by atoms with van der Waals surface area (Å²) in [4.78, 5) is 24.7. The number of carbonyl (C=O) groups excluding carboxylic acids is 2. The van der Waals surface area contributed by atoms with Crippen LogP contribution in [-0.2, 0) is 9.53 Å². The third-order valence-electron chi connectivity index (χ3n) is 3.90. The number of benzene rings is 1. The molecule has 2 amide bonds. The topological polar surface area (TPSA) is 76.7 Å². The lowest BCUT2D eigenvalue weighted by atomic mass is 9.94. The molecule has 0 fully saturated rings. The molecule has 2 rings (SSSR count). The molecule has 1 atom stereocenters. The zero-order valence-electron chi connectivity index (χ0n) is 15.4. The van der Waals surface area contributed by atoms with Crippen LogP contribution < -0.4 is 15.4 Å². The van der Waals surface area contributed by atoms with Crippen LogP contribution in [0, 0.1) is 0 Å². The lowest BCUT2D eigenvalue weighted by Gasteiger charge is -2.29. The van der Waals surface area contributed by atoms with Gasteiger partial charge >= 0.3 is 12.0 Å². The highest BCUT2D eigenvalue weighted by Gasteiger charge is 2.33. The Morgan fingerprint density at radius 3 is 2.62 bits per heavy atom. The predicted molar refractivity (Wildman–Crippen MR) is 103 cm³/mol. The number of hydrogen-bond donors (Lipinski definition) is 2. The molecule has 26 heavy (non-hydrogen) atoms. The minimum absolute atomic E-state index is 0.274. The highest BCUT2D eigenvalue weighted by molar-refractivity contribution is 9.10. The summed E-state index contributed by atoms with van der Waals surface area (Å²) in [6.45, 7) is 6.69. The molecule has 0 saturated heterocycles. The Morgan fingerprint density at radius 2 is 2.00 bits per heavy atom. The van der Waals surface area contributed by atoms with Gasteiger partial charge in [0.15, 0.2) is 0 Å². The fourth-order valence-corrected chi connectivity index (χ4v) is 3.30. The molecule has 1 unspecified atom stereocenters. The Labute approximate surface area is 162 Å². The molecule has 7 heteroatoms. The fraction of sp³-hybridized carbons (Fsp3) is 0.474. The maximum absolute atomic E-state index is 12.6. The van der Waals surface area contributed by atoms with Gasteiger partial charge in [0.2, 0.25) is 0 Å². The van der Waals surface area contributed by atoms with E-state index in [0.29, 0.717) is 24.3 Å². The standard InChI is InChI=1S/C19H25BrN2O4/c1-4-7-14-16(18(23)25-6-3)17(22-19(24)21-14)12-8-9-15(13(20)11-12)26-10-5-2/h8-9,11,17H,4-7,10H2,1-3H3,(H2,21,22,24). The van der Waals surface area contributed by atoms with Gasteiger partial charge in [0.25, 0.3) is 0 Å². The van der Waals surface area contributed by atoms with Gasteiger partial charge in [0.05, 0.1) is 29.3 Å². The average molecular weight is 425 g/mol. The molecular weight excluding hydrogens is 400 g/mol. The Hall–Kier alpha value is -2.02. The number of esters is 1. The summed E-state index contributed by atoms with van der Waals surface area (Å²) in [6.07, 6.45) is 2.31. The molecule has 6 nitrogen and oxygen atoms in total. The molecule has 142 valence electrons. The SMILES string of the molecule is CCCOc1ccc(C2NC(=O)NC(CCC)=C2C(=O)OCC)cc1Br. The number of rotatable bonds is 8. The van der Waals surface area contributed by atoms with Crippen molar-refractivity contribution in [1.29, 1.82) is 0 Å². The molecule has 0 spiro atoms. The third-order valence-corrected chi connectivity index (χ3v) is 4.52. The highest BCUT2D eigenvalue weighted by atomic mass is 79.9. The van der Waals surface area contributed by atoms with Crippen molar-refractivity contribution in [3.63, 3.8) is 0 Å². The maximum Gasteiger partial charge on any atom is 0.338 e. The van der Waals surface area contributed by atoms with E-state index >= 15 is 0 Å². The number of amides is 2. The number of carbonyl (C=O) groups is 2. The smallest absolute Gasteiger partial charge is 0.338 e. The molecule has 0 aromatic heterocycles. The van der Waals surface area contributed by atoms with E-state index in [2.05, 4.69) is 26.6 Å². The monoisotopic (exact) mass is 424 g/mol. The van der Waals surface area contributed by atoms with E-state index in [1.54, 1.807) is 6.92 Å². The van der Waals surface area contributed by atoms with Crippen LogP contribution in [0.4, 0.5) is 4.79 Å². The lowest BCUT2D eigenvalue weighted by molar-refractivity contribution is -0.139. The summed E-state index contributed by atoms with van der Waals surface area (Å²) in [7, 11) is 0. The van der Waals surface area contributed by atoms with Gasteiger partial charge in [0, 0.05) is 5.70 Å². The molecule has 1 aromatic rings. The van der Waals surface area contributed by atoms with Crippen LogP contribution in [0.25, 0.3) is 0 Å². The minimum Gasteiger partial charge on any atom is -0.492 e. The van der Waals surface area contributed by atoms with Gasteiger partial charge in [-0.3, -0.25) is 0 Å². The molecule has 2 N–H and O–H groups in total. The summed E-state index contributed by atoms with van der Waals surface area (Å²) in [5, 5.41) is 5.58. The molecule has 0 bridgehead atoms. The van der Waals surface area contributed by atoms with E-state index < -0.39 is 12.0 Å². The summed E-state index contributed by atoms with van der Waals surface area (Å²) < 4.78 is 11.7. The largest absolute Gasteiger partial charge is 0.492 e. The second-order valence-electron chi connectivity index (χ2n) is 5.93. The van der Waals surface area contributed by atoms with Crippen LogP contribution >= 0.6 is 15.9 Å². The fourth-order valence-electron chi connectivity index (χ4n) is 2.79. The molecule has 0 saturated carbocycles. The van der Waals surface area contributed by atoms with E-state index in [-0.39, 0.29) is 12.6 Å². The minimum atomic E-state index is -0.569. The quantitative estimate of drug-likeness (QED) is 0.612. The second kappa shape index (κ2) is 9.62. The van der Waals surface area contributed by atoms with Crippen LogP contribution in [0.3, 0.4) is 0 Å². The first-order valence-corrected chi connectivity index (χ1v) is 9.70. The normalized spacial score (nSPS) is 16.8. The van der Waals surface area contributed by atoms with Crippen LogP contribution in [0.1, 0.15) is 51.6 Å². The van der Waals surface area contributed by atoms with E-state index in [9.17, 15) is 9.59 Å². The van der Waals surface area contributed by atoms with Crippen molar-refractivity contribution in [3.05, 3.63) is 39.5 Å². The molecule has 1 heterocycles. The Bertz CT molecular complexity index is 703. The molecule has 1 aliphatic heterocycles. The number of hydrogen-bond acceptors (Lipinski definition) is 4. The van der Waals surface area contributed by atoms with Gasteiger partial charge in [-0.2, -0.15) is 0 Å². The molecule has 1 aliphatic rings. The van der Waals surface area contributed by atoms with Gasteiger partial charge < -0.3 is 20.1 Å². The second-order valence-corrected chi connectivity index (χ2v) is 6.79. The van der Waals surface area contributed by atoms with Gasteiger partial charge in [-0.05, 0) is 53.4 Å². The van der Waals surface area contributed by atoms with E-state index in [1.165, 1.54) is 0 Å². The zero-order valence-corrected chi connectivity index (χ0v) is 16.9. The third kappa shape index (κ3) is 4.78. The Kier molecular flexibility index (Phi) is 7.50. The van der Waals surface area contributed by atoms with E-state index in [1.807, 2.05) is 32.0 Å². The first-order valence-electron chi connectivity index (χ1n) is 8.91. The van der Waals surface area contributed by atoms with Crippen LogP contribution in [0.2, 0.25) is 0 Å². The van der Waals surface area contributed by atoms with Crippen molar-refractivity contribution < 1.29 is 19.1 Å². The molecule has 0 radical (unpaired) electrons. The van der Waals surface area contributed by atoms with Crippen molar-refractivity contribution in [2.75, 3.05) is 13.2 Å². The maximum atomic E-state index is 12.6. The van der Waals surface area contributed by atoms with Gasteiger partial charge in [-0.1, -0.05) is 26.3 Å². The van der Waals surface area contributed by atoms with Crippen molar-refractivity contribution in [3.8, 4) is 5.75 Å². The van der Waals surface area contributed by atoms with E-state index in [4.69, 9.17) is 9.47 Å². The first-order chi connectivity index (χ1) is 12.5. The molecular formula is C19H25BrN2O4. The molecule has 1 aromatic carbocycles. The molecule has 0 aliphatic carbocycles. The predicted octanol–water partition coefficient (Wildman–Crippen LogP) is 4.21. The Balaban J connectivity index is 2.43. The zero-order chi connectivity index (χ0) is 19.1. The van der Waals surface area contributed by atoms with Gasteiger partial charge in [-0.25, -0.2) is 9.59 Å². The summed E-state index contributed by atoms with van der Waals surface area (Å²) >= 11 is 3.51. The van der Waals surface area contributed by atoms with Crippen molar-refractivity contribution in [2.45, 2.75) is 46.1 Å². The summed E-state index contributed by atoms with van der Waals surface area (Å²) in [5.74, 6) is 0.308. The number of halogens is 1. The number of urea groups is 1. The van der Waals surface area contributed by atoms with Crippen LogP contribution in [-0.4, -0.2) is 25.2 Å². The highest BCUT2D eigenvalue weighted by Crippen LogP contribution is 2.34. The average Bonchev–Trinajstić information content (AvgIpc) is 2.60. The number of ether oxygens (including phenoxy) is 2. The first kappa shape index (κ1) is 20.3. The lowest BCUT2D eigenvalue weighted by Crippen LogP contribution is -2.46. The van der Waals surface area contributed by atoms with Crippen LogP contribution in [0.5, 0.6) is 5.75 Å². The van der Waals surface area contributed by atoms with Crippen molar-refractivity contribution >= 4 is 27.9 Å². The van der Waals surface area contributed by atoms with Gasteiger partial charge in [-0.15, -0.1) is 0 Å². The van der Waals surface area contributed by atoms with Gasteiger partial charge in [0.1, 0.15) is 5.75 Å². The van der Waals surface area contributed by atoms with E-state index in [0.717, 1.165) is 28.6 Å². The number of nitrogens with one attached hydrogen (secondary N) is 2.